The summed E-state index contributed by atoms with van der Waals surface area (Å²) in [5, 5.41) is 18.6. The number of carbonyl (C=O) groups is 1. The molecule has 10 heteroatoms. The second-order valence-corrected chi connectivity index (χ2v) is 7.80. The molecule has 1 aliphatic rings. The van der Waals surface area contributed by atoms with E-state index in [1.165, 1.54) is 18.9 Å². The number of benzene rings is 2. The summed E-state index contributed by atoms with van der Waals surface area (Å²) in [5.41, 5.74) is 5.10. The highest BCUT2D eigenvalue weighted by atomic mass is 32.2. The van der Waals surface area contributed by atoms with E-state index in [9.17, 15) is 10.0 Å². The van der Waals surface area contributed by atoms with Gasteiger partial charge in [0.25, 0.3) is 5.91 Å². The van der Waals surface area contributed by atoms with Gasteiger partial charge in [-0.05, 0) is 36.4 Å². The number of carbonyl (C=O) groups excluding carboxylic acids is 1. The number of aromatic nitrogens is 2. The van der Waals surface area contributed by atoms with Crippen LogP contribution in [0.3, 0.4) is 0 Å². The number of thiocarbonyl (C=S) groups is 1. The minimum Gasteiger partial charge on any atom is -0.761 e. The Morgan fingerprint density at radius 2 is 2.03 bits per heavy atom. The molecule has 0 bridgehead atoms. The molecule has 4 rings (SSSR count). The lowest BCUT2D eigenvalue weighted by atomic mass is 10.1. The normalized spacial score (nSPS) is 14.4. The fraction of sp³-hybridized carbons (Fsp3) is 0.0500. The van der Waals surface area contributed by atoms with E-state index in [1.54, 1.807) is 22.9 Å². The van der Waals surface area contributed by atoms with E-state index in [0.717, 1.165) is 11.3 Å². The van der Waals surface area contributed by atoms with E-state index in [-0.39, 0.29) is 11.4 Å². The van der Waals surface area contributed by atoms with Crippen molar-refractivity contribution in [1.29, 1.82) is 0 Å². The summed E-state index contributed by atoms with van der Waals surface area (Å²) >= 11 is 6.27. The molecule has 30 heavy (non-hydrogen) atoms. The van der Waals surface area contributed by atoms with Crippen LogP contribution in [0.2, 0.25) is 0 Å². The third-order valence-corrected chi connectivity index (χ3v) is 5.44. The molecule has 2 heterocycles. The van der Waals surface area contributed by atoms with Crippen LogP contribution in [-0.2, 0) is 4.79 Å². The molecule has 154 valence electrons. The zero-order chi connectivity index (χ0) is 20.4. The number of nitrogens with zero attached hydrogens (tertiary/aromatic N) is 2. The minimum absolute atomic E-state index is 0. The van der Waals surface area contributed by atoms with E-state index in [0.29, 0.717) is 31.9 Å². The molecule has 1 fully saturated rings. The van der Waals surface area contributed by atoms with Crippen LogP contribution in [0.1, 0.15) is 5.56 Å². The highest BCUT2D eigenvalue weighted by Gasteiger charge is 2.23. The van der Waals surface area contributed by atoms with Gasteiger partial charge in [-0.15, -0.1) is 0 Å². The lowest BCUT2D eigenvalue weighted by molar-refractivity contribution is -0.115. The van der Waals surface area contributed by atoms with Crippen LogP contribution < -0.4 is 15.5 Å². The van der Waals surface area contributed by atoms with Crippen LogP contribution in [0.25, 0.3) is 23.0 Å². The van der Waals surface area contributed by atoms with Crippen molar-refractivity contribution in [3.63, 3.8) is 0 Å². The smallest absolute Gasteiger partial charge is 0.263 e. The summed E-state index contributed by atoms with van der Waals surface area (Å²) < 4.78 is 7.34. The summed E-state index contributed by atoms with van der Waals surface area (Å²) in [6.07, 6.45) is 3.58. The van der Waals surface area contributed by atoms with E-state index in [2.05, 4.69) is 5.32 Å². The van der Waals surface area contributed by atoms with Gasteiger partial charge in [-0.1, -0.05) is 42.2 Å². The second kappa shape index (κ2) is 9.09. The van der Waals surface area contributed by atoms with Crippen molar-refractivity contribution in [3.8, 4) is 22.7 Å². The lowest BCUT2D eigenvalue weighted by Crippen LogP contribution is -2.17. The van der Waals surface area contributed by atoms with Gasteiger partial charge in [0.05, 0.1) is 23.4 Å². The number of methoxy groups -OCH3 is 1. The third-order valence-electron chi connectivity index (χ3n) is 4.27. The monoisotopic (exact) mass is 441 g/mol. The number of hydrogen-bond donors (Lipinski definition) is 2. The molecule has 3 aromatic rings. The molecular formula is C20H17N4O4S2-. The number of rotatable bonds is 5. The standard InChI is InChI=1S/C20H15N4O3S2.H2O/c1-27-16-8-7-12(9-15(16)23-26)18-13(10-17-19(25)21-20(28)29-17)11-24(22-18)14-5-3-2-4-6-14;/h2-11,23H,1H3,(H,21,25,28);1H2/q-1;/b17-10-;. The maximum Gasteiger partial charge on any atom is 0.263 e. The van der Waals surface area contributed by atoms with E-state index < -0.39 is 0 Å². The number of nitrogens with one attached hydrogen (secondary N) is 2. The molecule has 1 amide bonds. The highest BCUT2D eigenvalue weighted by Crippen LogP contribution is 2.34. The molecule has 0 unspecified atom stereocenters. The summed E-state index contributed by atoms with van der Waals surface area (Å²) in [7, 11) is 1.49. The Labute approximate surface area is 181 Å². The molecule has 0 saturated carbocycles. The van der Waals surface area contributed by atoms with Gasteiger partial charge in [0.2, 0.25) is 0 Å². The zero-order valence-corrected chi connectivity index (χ0v) is 17.3. The quantitative estimate of drug-likeness (QED) is 0.354. The van der Waals surface area contributed by atoms with Crippen LogP contribution >= 0.6 is 24.0 Å². The van der Waals surface area contributed by atoms with Gasteiger partial charge in [-0.3, -0.25) is 4.79 Å². The average Bonchev–Trinajstić information content (AvgIpc) is 3.31. The second-order valence-electron chi connectivity index (χ2n) is 6.08. The zero-order valence-electron chi connectivity index (χ0n) is 15.7. The number of hydrogen-bond acceptors (Lipinski definition) is 7. The number of amides is 1. The largest absolute Gasteiger partial charge is 0.761 e. The Kier molecular flexibility index (Phi) is 6.53. The molecular weight excluding hydrogens is 424 g/mol. The van der Waals surface area contributed by atoms with Gasteiger partial charge >= 0.3 is 0 Å². The van der Waals surface area contributed by atoms with Crippen molar-refractivity contribution in [2.75, 3.05) is 12.6 Å². The molecule has 0 atom stereocenters. The fourth-order valence-electron chi connectivity index (χ4n) is 2.93. The third kappa shape index (κ3) is 4.21. The molecule has 1 saturated heterocycles. The van der Waals surface area contributed by atoms with Crippen LogP contribution in [0.4, 0.5) is 5.69 Å². The maximum absolute atomic E-state index is 12.1. The lowest BCUT2D eigenvalue weighted by Gasteiger charge is -2.15. The van der Waals surface area contributed by atoms with Gasteiger partial charge in [-0.25, -0.2) is 4.68 Å². The van der Waals surface area contributed by atoms with Crippen molar-refractivity contribution in [2.24, 2.45) is 0 Å². The van der Waals surface area contributed by atoms with Crippen molar-refractivity contribution in [3.05, 3.63) is 70.4 Å². The summed E-state index contributed by atoms with van der Waals surface area (Å²) in [5.74, 6) is 0.192. The Morgan fingerprint density at radius 3 is 2.67 bits per heavy atom. The Morgan fingerprint density at radius 1 is 1.27 bits per heavy atom. The average molecular weight is 442 g/mol. The van der Waals surface area contributed by atoms with E-state index in [1.807, 2.05) is 48.1 Å². The molecule has 0 spiro atoms. The van der Waals surface area contributed by atoms with Gasteiger partial charge < -0.3 is 26.2 Å². The highest BCUT2D eigenvalue weighted by molar-refractivity contribution is 8.26. The first-order valence-corrected chi connectivity index (χ1v) is 9.78. The predicted molar refractivity (Wildman–Crippen MR) is 122 cm³/mol. The number of para-hydroxylation sites is 1. The molecule has 1 aliphatic heterocycles. The molecule has 2 aromatic carbocycles. The first kappa shape index (κ1) is 21.5. The van der Waals surface area contributed by atoms with Crippen molar-refractivity contribution >= 4 is 46.0 Å². The number of thioether (sulfide) groups is 1. The Hall–Kier alpha value is -3.18. The molecule has 0 radical (unpaired) electrons. The fourth-order valence-corrected chi connectivity index (χ4v) is 3.96. The maximum atomic E-state index is 12.1. The van der Waals surface area contributed by atoms with Crippen LogP contribution in [0.5, 0.6) is 5.75 Å². The van der Waals surface area contributed by atoms with Crippen LogP contribution in [0.15, 0.2) is 59.6 Å². The van der Waals surface area contributed by atoms with Crippen molar-refractivity contribution in [2.45, 2.75) is 0 Å². The van der Waals surface area contributed by atoms with E-state index in [4.69, 9.17) is 22.1 Å². The summed E-state index contributed by atoms with van der Waals surface area (Å²) in [6, 6.07) is 14.8. The molecule has 1 aromatic heterocycles. The number of anilines is 1. The predicted octanol–water partition coefficient (Wildman–Crippen LogP) is 3.12. The van der Waals surface area contributed by atoms with Gasteiger partial charge in [-0.2, -0.15) is 5.10 Å². The van der Waals surface area contributed by atoms with Gasteiger partial charge in [0, 0.05) is 17.3 Å². The Balaban J connectivity index is 0.00000256. The minimum atomic E-state index is -0.241. The summed E-state index contributed by atoms with van der Waals surface area (Å²) in [4.78, 5) is 12.6. The van der Waals surface area contributed by atoms with Gasteiger partial charge in [0.15, 0.2) is 0 Å². The van der Waals surface area contributed by atoms with E-state index >= 15 is 0 Å². The van der Waals surface area contributed by atoms with Crippen molar-refractivity contribution < 1.29 is 15.0 Å². The first-order chi connectivity index (χ1) is 14.1. The van der Waals surface area contributed by atoms with Crippen LogP contribution in [-0.4, -0.2) is 32.6 Å². The molecule has 8 nitrogen and oxygen atoms in total. The molecule has 4 N–H and O–H groups in total. The Bertz CT molecular complexity index is 1130. The summed E-state index contributed by atoms with van der Waals surface area (Å²) in [6.45, 7) is 0. The first-order valence-electron chi connectivity index (χ1n) is 8.55. The number of ether oxygens (including phenoxy) is 1. The van der Waals surface area contributed by atoms with Crippen LogP contribution in [0, 0.1) is 5.21 Å². The molecule has 0 aliphatic carbocycles. The topological polar surface area (TPSA) is 123 Å². The SMILES string of the molecule is COc1ccc(-c2nn(-c3ccccc3)cc2/C=C2\SC(=S)NC2=O)cc1N[O-].O. The van der Waals surface area contributed by atoms with Gasteiger partial charge in [0.1, 0.15) is 15.8 Å². The van der Waals surface area contributed by atoms with Crippen molar-refractivity contribution in [1.82, 2.24) is 15.1 Å².